The minimum atomic E-state index is -1.09. The van der Waals surface area contributed by atoms with Crippen molar-refractivity contribution in [3.63, 3.8) is 0 Å². The second-order valence-corrected chi connectivity index (χ2v) is 6.11. The van der Waals surface area contributed by atoms with E-state index >= 15 is 0 Å². The van der Waals surface area contributed by atoms with Crippen LogP contribution in [-0.4, -0.2) is 14.5 Å². The predicted molar refractivity (Wildman–Crippen MR) is 78.1 cm³/mol. The molecular formula is C15H14Cl2O2. The van der Waals surface area contributed by atoms with Gasteiger partial charge in [0.15, 0.2) is 0 Å². The van der Waals surface area contributed by atoms with E-state index in [0.717, 1.165) is 0 Å². The van der Waals surface area contributed by atoms with Crippen LogP contribution in [-0.2, 0) is 12.8 Å². The van der Waals surface area contributed by atoms with Crippen molar-refractivity contribution in [1.29, 1.82) is 0 Å². The fourth-order valence-electron chi connectivity index (χ4n) is 1.94. The third kappa shape index (κ3) is 3.79. The maximum absolute atomic E-state index is 9.73. The molecule has 0 aliphatic rings. The summed E-state index contributed by atoms with van der Waals surface area (Å²) in [6.07, 6.45) is 0.605. The minimum Gasteiger partial charge on any atom is -0.508 e. The number of benzene rings is 2. The summed E-state index contributed by atoms with van der Waals surface area (Å²) < 4.78 is -1.09. The molecule has 2 nitrogen and oxygen atoms in total. The van der Waals surface area contributed by atoms with Crippen molar-refractivity contribution in [3.05, 3.63) is 59.7 Å². The fraction of sp³-hybridized carbons (Fsp3) is 0.200. The Balaban J connectivity index is 2.15. The number of phenolic OH excluding ortho intramolecular Hbond substituents is 2. The quantitative estimate of drug-likeness (QED) is 0.836. The Labute approximate surface area is 122 Å². The summed E-state index contributed by atoms with van der Waals surface area (Å²) in [6.45, 7) is 0. The smallest absolute Gasteiger partial charge is 0.126 e. The van der Waals surface area contributed by atoms with E-state index in [2.05, 4.69) is 0 Å². The molecule has 0 fully saturated rings. The van der Waals surface area contributed by atoms with Crippen molar-refractivity contribution in [2.75, 3.05) is 0 Å². The average molecular weight is 297 g/mol. The van der Waals surface area contributed by atoms with Gasteiger partial charge in [-0.1, -0.05) is 36.4 Å². The largest absolute Gasteiger partial charge is 0.508 e. The number of rotatable bonds is 4. The van der Waals surface area contributed by atoms with Gasteiger partial charge >= 0.3 is 0 Å². The van der Waals surface area contributed by atoms with Crippen LogP contribution in [0.3, 0.4) is 0 Å². The van der Waals surface area contributed by atoms with E-state index in [1.165, 1.54) is 0 Å². The number of phenols is 2. The molecule has 0 amide bonds. The highest BCUT2D eigenvalue weighted by Crippen LogP contribution is 2.34. The maximum Gasteiger partial charge on any atom is 0.126 e. The number of hydrogen-bond acceptors (Lipinski definition) is 2. The van der Waals surface area contributed by atoms with Crippen molar-refractivity contribution in [2.45, 2.75) is 17.2 Å². The average Bonchev–Trinajstić information content (AvgIpc) is 2.35. The summed E-state index contributed by atoms with van der Waals surface area (Å²) in [4.78, 5) is 0. The highest BCUT2D eigenvalue weighted by molar-refractivity contribution is 6.48. The van der Waals surface area contributed by atoms with Crippen LogP contribution in [0.1, 0.15) is 11.1 Å². The summed E-state index contributed by atoms with van der Waals surface area (Å²) >= 11 is 12.6. The Morgan fingerprint density at radius 1 is 0.737 bits per heavy atom. The van der Waals surface area contributed by atoms with Gasteiger partial charge in [0.2, 0.25) is 0 Å². The van der Waals surface area contributed by atoms with E-state index in [0.29, 0.717) is 24.0 Å². The Kier molecular flexibility index (Phi) is 4.23. The summed E-state index contributed by atoms with van der Waals surface area (Å²) in [7, 11) is 0. The zero-order chi connectivity index (χ0) is 13.9. The minimum absolute atomic E-state index is 0.172. The lowest BCUT2D eigenvalue weighted by Gasteiger charge is -2.20. The second kappa shape index (κ2) is 5.72. The van der Waals surface area contributed by atoms with E-state index in [1.54, 1.807) is 36.4 Å². The van der Waals surface area contributed by atoms with Crippen molar-refractivity contribution in [2.24, 2.45) is 0 Å². The lowest BCUT2D eigenvalue weighted by Crippen LogP contribution is -2.20. The molecule has 0 radical (unpaired) electrons. The molecule has 0 saturated carbocycles. The molecule has 100 valence electrons. The van der Waals surface area contributed by atoms with Crippen molar-refractivity contribution < 1.29 is 10.2 Å². The number of halogens is 2. The van der Waals surface area contributed by atoms with Crippen molar-refractivity contribution in [1.82, 2.24) is 0 Å². The highest BCUT2D eigenvalue weighted by atomic mass is 35.5. The number of hydrogen-bond donors (Lipinski definition) is 2. The van der Waals surface area contributed by atoms with E-state index in [9.17, 15) is 10.2 Å². The molecule has 0 heterocycles. The van der Waals surface area contributed by atoms with Crippen molar-refractivity contribution >= 4 is 23.2 Å². The van der Waals surface area contributed by atoms with Crippen LogP contribution in [0.4, 0.5) is 0 Å². The molecule has 0 atom stereocenters. The molecule has 2 rings (SSSR count). The van der Waals surface area contributed by atoms with Gasteiger partial charge in [-0.05, 0) is 23.3 Å². The Bertz CT molecular complexity index is 518. The summed E-state index contributed by atoms with van der Waals surface area (Å²) in [5, 5.41) is 19.5. The van der Waals surface area contributed by atoms with Gasteiger partial charge in [0.25, 0.3) is 0 Å². The Morgan fingerprint density at radius 3 is 1.47 bits per heavy atom. The van der Waals surface area contributed by atoms with E-state index < -0.39 is 4.33 Å². The number of alkyl halides is 2. The summed E-state index contributed by atoms with van der Waals surface area (Å²) in [6, 6.07) is 13.9. The van der Waals surface area contributed by atoms with E-state index in [1.807, 2.05) is 12.1 Å². The van der Waals surface area contributed by atoms with Crippen LogP contribution in [0.2, 0.25) is 0 Å². The first-order valence-corrected chi connectivity index (χ1v) is 6.65. The molecule has 0 spiro atoms. The zero-order valence-corrected chi connectivity index (χ0v) is 11.7. The normalized spacial score (nSPS) is 11.5. The van der Waals surface area contributed by atoms with Gasteiger partial charge < -0.3 is 10.2 Å². The molecule has 0 unspecified atom stereocenters. The lowest BCUT2D eigenvalue weighted by molar-refractivity contribution is 0.462. The first-order valence-electron chi connectivity index (χ1n) is 5.89. The monoisotopic (exact) mass is 296 g/mol. The third-order valence-electron chi connectivity index (χ3n) is 2.88. The number of para-hydroxylation sites is 2. The van der Waals surface area contributed by atoms with Gasteiger partial charge in [0.05, 0.1) is 0 Å². The van der Waals surface area contributed by atoms with Crippen LogP contribution < -0.4 is 0 Å². The maximum atomic E-state index is 9.73. The molecule has 0 aromatic heterocycles. The lowest BCUT2D eigenvalue weighted by atomic mass is 10.0. The Morgan fingerprint density at radius 2 is 1.11 bits per heavy atom. The zero-order valence-electron chi connectivity index (χ0n) is 10.2. The SMILES string of the molecule is Oc1ccccc1CC(Cl)(Cl)Cc1ccccc1O. The first-order chi connectivity index (χ1) is 8.98. The summed E-state index contributed by atoms with van der Waals surface area (Å²) in [5.41, 5.74) is 1.37. The topological polar surface area (TPSA) is 40.5 Å². The van der Waals surface area contributed by atoms with Gasteiger partial charge in [-0.3, -0.25) is 0 Å². The van der Waals surface area contributed by atoms with E-state index in [4.69, 9.17) is 23.2 Å². The fourth-order valence-corrected chi connectivity index (χ4v) is 2.52. The molecule has 19 heavy (non-hydrogen) atoms. The second-order valence-electron chi connectivity index (χ2n) is 4.47. The molecule has 2 N–H and O–H groups in total. The van der Waals surface area contributed by atoms with Gasteiger partial charge in [-0.15, -0.1) is 23.2 Å². The first kappa shape index (κ1) is 14.0. The molecule has 0 aliphatic carbocycles. The van der Waals surface area contributed by atoms with Crippen LogP contribution >= 0.6 is 23.2 Å². The predicted octanol–water partition coefficient (Wildman–Crippen LogP) is 4.06. The van der Waals surface area contributed by atoms with Crippen LogP contribution in [0.25, 0.3) is 0 Å². The molecule has 0 saturated heterocycles. The standard InChI is InChI=1S/C15H14Cl2O2/c16-15(17,9-11-5-1-3-7-13(11)18)10-12-6-2-4-8-14(12)19/h1-8,18-19H,9-10H2. The summed E-state index contributed by atoms with van der Waals surface area (Å²) in [5.74, 6) is 0.343. The van der Waals surface area contributed by atoms with Crippen molar-refractivity contribution in [3.8, 4) is 11.5 Å². The molecule has 2 aromatic rings. The molecule has 2 aromatic carbocycles. The molecule has 0 bridgehead atoms. The Hall–Kier alpha value is -1.38. The third-order valence-corrected chi connectivity index (χ3v) is 3.42. The van der Waals surface area contributed by atoms with Gasteiger partial charge in [-0.25, -0.2) is 0 Å². The highest BCUT2D eigenvalue weighted by Gasteiger charge is 2.27. The number of aromatic hydroxyl groups is 2. The van der Waals surface area contributed by atoms with Crippen LogP contribution in [0, 0.1) is 0 Å². The molecule has 0 aliphatic heterocycles. The molecule has 4 heteroatoms. The van der Waals surface area contributed by atoms with E-state index in [-0.39, 0.29) is 11.5 Å². The molecular weight excluding hydrogens is 283 g/mol. The van der Waals surface area contributed by atoms with Crippen LogP contribution in [0.5, 0.6) is 11.5 Å². The van der Waals surface area contributed by atoms with Gasteiger partial charge in [0.1, 0.15) is 15.8 Å². The van der Waals surface area contributed by atoms with Gasteiger partial charge in [-0.2, -0.15) is 0 Å². The van der Waals surface area contributed by atoms with Gasteiger partial charge in [0, 0.05) is 12.8 Å². The van der Waals surface area contributed by atoms with Crippen LogP contribution in [0.15, 0.2) is 48.5 Å².